The smallest absolute Gasteiger partial charge is 0.167 e. The number of halogens is 1. The number of hydrogen-bond acceptors (Lipinski definition) is 3. The molecule has 1 atom stereocenters. The molecule has 6 heteroatoms. The molecule has 0 aliphatic rings. The van der Waals surface area contributed by atoms with Crippen LogP contribution in [0.1, 0.15) is 24.1 Å². The van der Waals surface area contributed by atoms with Crippen LogP contribution in [0.2, 0.25) is 0 Å². The lowest BCUT2D eigenvalue weighted by Gasteiger charge is -2.20. The molecule has 0 aromatic heterocycles. The fourth-order valence-corrected chi connectivity index (χ4v) is 2.54. The third-order valence-corrected chi connectivity index (χ3v) is 3.88. The van der Waals surface area contributed by atoms with E-state index in [2.05, 4.69) is 10.6 Å². The van der Waals surface area contributed by atoms with E-state index in [1.54, 1.807) is 26.4 Å². The van der Waals surface area contributed by atoms with E-state index in [1.165, 1.54) is 12.1 Å². The van der Waals surface area contributed by atoms with Gasteiger partial charge in [0.25, 0.3) is 0 Å². The zero-order valence-corrected chi connectivity index (χ0v) is 14.7. The highest BCUT2D eigenvalue weighted by Crippen LogP contribution is 2.29. The van der Waals surface area contributed by atoms with Crippen molar-refractivity contribution in [2.24, 2.45) is 0 Å². The summed E-state index contributed by atoms with van der Waals surface area (Å²) in [6.45, 7) is 2.51. The Morgan fingerprint density at radius 1 is 1.12 bits per heavy atom. The Balaban J connectivity index is 1.97. The van der Waals surface area contributed by atoms with Crippen LogP contribution in [0.15, 0.2) is 42.5 Å². The summed E-state index contributed by atoms with van der Waals surface area (Å²) in [6, 6.07) is 11.9. The van der Waals surface area contributed by atoms with Crippen molar-refractivity contribution in [3.8, 4) is 11.5 Å². The first kappa shape index (κ1) is 18.0. The second-order valence-corrected chi connectivity index (χ2v) is 5.69. The zero-order valence-electron chi connectivity index (χ0n) is 13.9. The maximum Gasteiger partial charge on any atom is 0.167 e. The maximum atomic E-state index is 12.9. The van der Waals surface area contributed by atoms with Crippen LogP contribution in [0, 0.1) is 5.82 Å². The van der Waals surface area contributed by atoms with Crippen LogP contribution in [0.25, 0.3) is 0 Å². The van der Waals surface area contributed by atoms with Crippen molar-refractivity contribution in [3.63, 3.8) is 0 Å². The van der Waals surface area contributed by atoms with Gasteiger partial charge < -0.3 is 20.1 Å². The van der Waals surface area contributed by atoms with Crippen molar-refractivity contribution in [3.05, 3.63) is 59.4 Å². The predicted octanol–water partition coefficient (Wildman–Crippen LogP) is 3.57. The van der Waals surface area contributed by atoms with Crippen LogP contribution in [0.5, 0.6) is 11.5 Å². The number of methoxy groups -OCH3 is 2. The molecule has 2 rings (SSSR count). The Bertz CT molecular complexity index is 692. The average Bonchev–Trinajstić information content (AvgIpc) is 2.60. The zero-order chi connectivity index (χ0) is 17.5. The van der Waals surface area contributed by atoms with Crippen molar-refractivity contribution in [2.75, 3.05) is 14.2 Å². The van der Waals surface area contributed by atoms with Crippen LogP contribution in [-0.2, 0) is 6.54 Å². The molecule has 0 spiro atoms. The molecule has 128 valence electrons. The molecule has 2 N–H and O–H groups in total. The van der Waals surface area contributed by atoms with E-state index in [9.17, 15) is 4.39 Å². The summed E-state index contributed by atoms with van der Waals surface area (Å²) >= 11 is 5.33. The SMILES string of the molecule is COc1ccc(OC)c([C@H](C)NC(=S)NCc2ccc(F)cc2)c1. The fraction of sp³-hybridized carbons (Fsp3) is 0.278. The summed E-state index contributed by atoms with van der Waals surface area (Å²) in [5, 5.41) is 6.84. The molecule has 0 saturated carbocycles. The summed E-state index contributed by atoms with van der Waals surface area (Å²) in [5.74, 6) is 1.26. The molecule has 2 aromatic rings. The minimum absolute atomic E-state index is 0.0664. The van der Waals surface area contributed by atoms with Gasteiger partial charge in [-0.15, -0.1) is 0 Å². The second-order valence-electron chi connectivity index (χ2n) is 5.28. The Hall–Kier alpha value is -2.34. The molecule has 0 aliphatic carbocycles. The van der Waals surface area contributed by atoms with Gasteiger partial charge in [0.05, 0.1) is 20.3 Å². The molecular formula is C18H21FN2O2S. The van der Waals surface area contributed by atoms with E-state index >= 15 is 0 Å². The molecule has 0 aliphatic heterocycles. The summed E-state index contributed by atoms with van der Waals surface area (Å²) in [7, 11) is 3.25. The lowest BCUT2D eigenvalue weighted by atomic mass is 10.1. The number of hydrogen-bond donors (Lipinski definition) is 2. The number of rotatable bonds is 6. The van der Waals surface area contributed by atoms with Crippen LogP contribution in [-0.4, -0.2) is 19.3 Å². The number of thiocarbonyl (C=S) groups is 1. The van der Waals surface area contributed by atoms with Gasteiger partial charge in [-0.25, -0.2) is 4.39 Å². The fourth-order valence-electron chi connectivity index (χ4n) is 2.29. The van der Waals surface area contributed by atoms with Gasteiger partial charge in [-0.05, 0) is 55.0 Å². The molecule has 24 heavy (non-hydrogen) atoms. The average molecular weight is 348 g/mol. The molecule has 0 saturated heterocycles. The predicted molar refractivity (Wildman–Crippen MR) is 96.9 cm³/mol. The van der Waals surface area contributed by atoms with Gasteiger partial charge in [0.15, 0.2) is 5.11 Å². The molecular weight excluding hydrogens is 327 g/mol. The molecule has 2 aromatic carbocycles. The van der Waals surface area contributed by atoms with E-state index in [0.29, 0.717) is 11.7 Å². The lowest BCUT2D eigenvalue weighted by molar-refractivity contribution is 0.395. The second kappa shape index (κ2) is 8.49. The summed E-state index contributed by atoms with van der Waals surface area (Å²) in [4.78, 5) is 0. The van der Waals surface area contributed by atoms with Crippen LogP contribution in [0.4, 0.5) is 4.39 Å². The summed E-state index contributed by atoms with van der Waals surface area (Å²) < 4.78 is 23.6. The first-order valence-corrected chi connectivity index (χ1v) is 7.95. The molecule has 0 amide bonds. The molecule has 0 heterocycles. The molecule has 0 radical (unpaired) electrons. The molecule has 4 nitrogen and oxygen atoms in total. The highest BCUT2D eigenvalue weighted by Gasteiger charge is 2.13. The van der Waals surface area contributed by atoms with Gasteiger partial charge in [0.2, 0.25) is 0 Å². The molecule has 0 unspecified atom stereocenters. The Morgan fingerprint density at radius 2 is 1.83 bits per heavy atom. The minimum atomic E-state index is -0.252. The summed E-state index contributed by atoms with van der Waals surface area (Å²) in [5.41, 5.74) is 1.90. The number of benzene rings is 2. The number of nitrogens with one attached hydrogen (secondary N) is 2. The standard InChI is InChI=1S/C18H21FN2O2S/c1-12(16-10-15(22-2)8-9-17(16)23-3)21-18(24)20-11-13-4-6-14(19)7-5-13/h4-10,12H,11H2,1-3H3,(H2,20,21,24)/t12-/m0/s1. The van der Waals surface area contributed by atoms with E-state index < -0.39 is 0 Å². The largest absolute Gasteiger partial charge is 0.497 e. The van der Waals surface area contributed by atoms with Crippen LogP contribution >= 0.6 is 12.2 Å². The topological polar surface area (TPSA) is 42.5 Å². The van der Waals surface area contributed by atoms with Gasteiger partial charge in [-0.1, -0.05) is 12.1 Å². The van der Waals surface area contributed by atoms with Crippen LogP contribution in [0.3, 0.4) is 0 Å². The quantitative estimate of drug-likeness (QED) is 0.781. The monoisotopic (exact) mass is 348 g/mol. The Kier molecular flexibility index (Phi) is 6.37. The van der Waals surface area contributed by atoms with E-state index in [1.807, 2.05) is 25.1 Å². The Labute approximate surface area is 147 Å². The van der Waals surface area contributed by atoms with Gasteiger partial charge in [-0.3, -0.25) is 0 Å². The van der Waals surface area contributed by atoms with Crippen molar-refractivity contribution in [1.29, 1.82) is 0 Å². The highest BCUT2D eigenvalue weighted by molar-refractivity contribution is 7.80. The van der Waals surface area contributed by atoms with Crippen molar-refractivity contribution >= 4 is 17.3 Å². The lowest BCUT2D eigenvalue weighted by Crippen LogP contribution is -2.36. The van der Waals surface area contributed by atoms with E-state index in [-0.39, 0.29) is 11.9 Å². The first-order chi connectivity index (χ1) is 11.5. The van der Waals surface area contributed by atoms with Gasteiger partial charge >= 0.3 is 0 Å². The third-order valence-electron chi connectivity index (χ3n) is 3.62. The van der Waals surface area contributed by atoms with Crippen molar-refractivity contribution < 1.29 is 13.9 Å². The number of ether oxygens (including phenoxy) is 2. The van der Waals surface area contributed by atoms with Crippen LogP contribution < -0.4 is 20.1 Å². The normalized spacial score (nSPS) is 11.5. The van der Waals surface area contributed by atoms with Gasteiger partial charge in [0, 0.05) is 12.1 Å². The van der Waals surface area contributed by atoms with Gasteiger partial charge in [-0.2, -0.15) is 0 Å². The minimum Gasteiger partial charge on any atom is -0.497 e. The first-order valence-electron chi connectivity index (χ1n) is 7.54. The maximum absolute atomic E-state index is 12.9. The van der Waals surface area contributed by atoms with Crippen molar-refractivity contribution in [1.82, 2.24) is 10.6 Å². The van der Waals surface area contributed by atoms with E-state index in [0.717, 1.165) is 22.6 Å². The summed E-state index contributed by atoms with van der Waals surface area (Å²) in [6.07, 6.45) is 0. The van der Waals surface area contributed by atoms with Crippen molar-refractivity contribution in [2.45, 2.75) is 19.5 Å². The third kappa shape index (κ3) is 4.83. The molecule has 0 fully saturated rings. The molecule has 0 bridgehead atoms. The van der Waals surface area contributed by atoms with Gasteiger partial charge in [0.1, 0.15) is 17.3 Å². The Morgan fingerprint density at radius 3 is 2.46 bits per heavy atom. The highest BCUT2D eigenvalue weighted by atomic mass is 32.1. The van der Waals surface area contributed by atoms with E-state index in [4.69, 9.17) is 21.7 Å².